The van der Waals surface area contributed by atoms with Gasteiger partial charge in [-0.1, -0.05) is 24.3 Å². The van der Waals surface area contributed by atoms with Crippen molar-refractivity contribution in [1.29, 1.82) is 0 Å². The summed E-state index contributed by atoms with van der Waals surface area (Å²) in [5, 5.41) is 13.9. The third-order valence-corrected chi connectivity index (χ3v) is 5.57. The van der Waals surface area contributed by atoms with Crippen LogP contribution in [0.4, 0.5) is 0 Å². The number of nitrogens with one attached hydrogen (secondary N) is 1. The molecular weight excluding hydrogens is 340 g/mol. The number of phenolic OH excluding ortho intramolecular Hbond substituents is 1. The second-order valence-corrected chi connectivity index (χ2v) is 7.43. The molecule has 0 bridgehead atoms. The van der Waals surface area contributed by atoms with E-state index in [4.69, 9.17) is 4.74 Å². The van der Waals surface area contributed by atoms with Crippen LogP contribution in [0.3, 0.4) is 0 Å². The van der Waals surface area contributed by atoms with Crippen LogP contribution in [0.1, 0.15) is 24.0 Å². The summed E-state index contributed by atoms with van der Waals surface area (Å²) in [5.41, 5.74) is 4.04. The average molecular weight is 366 g/mol. The number of phenols is 1. The highest BCUT2D eigenvalue weighted by Gasteiger charge is 2.29. The van der Waals surface area contributed by atoms with E-state index in [1.165, 1.54) is 0 Å². The summed E-state index contributed by atoms with van der Waals surface area (Å²) < 4.78 is 5.81. The Kier molecular flexibility index (Phi) is 5.03. The summed E-state index contributed by atoms with van der Waals surface area (Å²) in [6.07, 6.45) is 1.77. The fraction of sp³-hybridized carbons (Fsp3) is 0.409. The molecule has 0 aliphatic carbocycles. The Hall–Kier alpha value is -2.53. The van der Waals surface area contributed by atoms with Crippen LogP contribution in [0.25, 0.3) is 11.1 Å². The number of benzene rings is 2. The van der Waals surface area contributed by atoms with Crippen molar-refractivity contribution in [3.63, 3.8) is 0 Å². The van der Waals surface area contributed by atoms with Gasteiger partial charge < -0.3 is 20.1 Å². The number of hydrogen-bond acceptors (Lipinski definition) is 4. The molecule has 2 heterocycles. The van der Waals surface area contributed by atoms with E-state index in [0.29, 0.717) is 25.4 Å². The van der Waals surface area contributed by atoms with Crippen LogP contribution in [0.2, 0.25) is 0 Å². The Morgan fingerprint density at radius 1 is 1.22 bits per heavy atom. The molecule has 2 aromatic carbocycles. The van der Waals surface area contributed by atoms with Gasteiger partial charge in [0.25, 0.3) is 0 Å². The van der Waals surface area contributed by atoms with Crippen molar-refractivity contribution in [1.82, 2.24) is 10.2 Å². The van der Waals surface area contributed by atoms with E-state index in [9.17, 15) is 9.90 Å². The Labute approximate surface area is 160 Å². The molecule has 1 saturated heterocycles. The van der Waals surface area contributed by atoms with Crippen LogP contribution in [0.5, 0.6) is 11.5 Å². The zero-order valence-electron chi connectivity index (χ0n) is 15.7. The number of amides is 1. The van der Waals surface area contributed by atoms with E-state index in [0.717, 1.165) is 48.2 Å². The Bertz CT molecular complexity index is 843. The van der Waals surface area contributed by atoms with Gasteiger partial charge in [-0.25, -0.2) is 0 Å². The predicted octanol–water partition coefficient (Wildman–Crippen LogP) is 3.09. The average Bonchev–Trinajstić information content (AvgIpc) is 2.91. The van der Waals surface area contributed by atoms with Gasteiger partial charge in [0.1, 0.15) is 6.61 Å². The second kappa shape index (κ2) is 7.61. The number of carbonyl (C=O) groups excluding carboxylic acids is 1. The highest BCUT2D eigenvalue weighted by molar-refractivity contribution is 5.79. The first-order valence-electron chi connectivity index (χ1n) is 9.67. The van der Waals surface area contributed by atoms with Crippen molar-refractivity contribution in [3.05, 3.63) is 47.5 Å². The minimum atomic E-state index is 0.0842. The molecule has 0 saturated carbocycles. The largest absolute Gasteiger partial charge is 0.504 e. The zero-order chi connectivity index (χ0) is 18.8. The molecule has 27 heavy (non-hydrogen) atoms. The lowest BCUT2D eigenvalue weighted by atomic mass is 9.95. The fourth-order valence-electron chi connectivity index (χ4n) is 4.07. The number of fused-ring (bicyclic) bond motifs is 1. The maximum atomic E-state index is 13.0. The third kappa shape index (κ3) is 3.65. The second-order valence-electron chi connectivity index (χ2n) is 7.43. The molecule has 0 unspecified atom stereocenters. The first-order valence-corrected chi connectivity index (χ1v) is 9.67. The van der Waals surface area contributed by atoms with E-state index in [1.807, 2.05) is 29.2 Å². The van der Waals surface area contributed by atoms with Gasteiger partial charge in [0, 0.05) is 18.0 Å². The van der Waals surface area contributed by atoms with Crippen molar-refractivity contribution in [2.75, 3.05) is 26.2 Å². The minimum absolute atomic E-state index is 0.0842. The molecule has 0 radical (unpaired) electrons. The number of nitrogens with zero attached hydrogens (tertiary/aromatic N) is 1. The number of piperidine rings is 1. The summed E-state index contributed by atoms with van der Waals surface area (Å²) in [6.45, 7) is 5.29. The molecule has 1 fully saturated rings. The molecule has 5 nitrogen and oxygen atoms in total. The number of aromatic hydroxyl groups is 1. The number of ether oxygens (including phenoxy) is 1. The van der Waals surface area contributed by atoms with Gasteiger partial charge in [-0.15, -0.1) is 0 Å². The van der Waals surface area contributed by atoms with Crippen LogP contribution < -0.4 is 10.1 Å². The van der Waals surface area contributed by atoms with E-state index in [-0.39, 0.29) is 17.6 Å². The standard InChI is InChI=1S/C22H26N2O3/c1-15-4-2-3-5-19(15)17-12-18-14-24(10-11-27-21(18)20(25)13-17)22(26)16-6-8-23-9-7-16/h2-5,12-13,16,23,25H,6-11,14H2,1H3. The molecular formula is C22H26N2O3. The SMILES string of the molecule is Cc1ccccc1-c1cc(O)c2c(c1)CN(C(=O)C1CCNCC1)CCO2. The van der Waals surface area contributed by atoms with Crippen molar-refractivity contribution in [3.8, 4) is 22.6 Å². The maximum Gasteiger partial charge on any atom is 0.226 e. The Balaban J connectivity index is 1.65. The summed E-state index contributed by atoms with van der Waals surface area (Å²) in [6, 6.07) is 11.9. The first kappa shape index (κ1) is 17.9. The van der Waals surface area contributed by atoms with Crippen LogP contribution >= 0.6 is 0 Å². The van der Waals surface area contributed by atoms with Crippen molar-refractivity contribution in [2.24, 2.45) is 5.92 Å². The molecule has 0 spiro atoms. The predicted molar refractivity (Wildman–Crippen MR) is 105 cm³/mol. The van der Waals surface area contributed by atoms with Gasteiger partial charge >= 0.3 is 0 Å². The van der Waals surface area contributed by atoms with Gasteiger partial charge in [0.2, 0.25) is 5.91 Å². The number of aryl methyl sites for hydroxylation is 1. The number of carbonyl (C=O) groups is 1. The van der Waals surface area contributed by atoms with E-state index < -0.39 is 0 Å². The lowest BCUT2D eigenvalue weighted by molar-refractivity contribution is -0.137. The molecule has 2 aliphatic heterocycles. The molecule has 0 aromatic heterocycles. The smallest absolute Gasteiger partial charge is 0.226 e. The van der Waals surface area contributed by atoms with E-state index in [2.05, 4.69) is 18.3 Å². The molecule has 2 aliphatic rings. The van der Waals surface area contributed by atoms with Gasteiger partial charge in [-0.3, -0.25) is 4.79 Å². The number of rotatable bonds is 2. The maximum absolute atomic E-state index is 13.0. The van der Waals surface area contributed by atoms with Crippen molar-refractivity contribution >= 4 is 5.91 Å². The molecule has 0 atom stereocenters. The van der Waals surface area contributed by atoms with Crippen molar-refractivity contribution < 1.29 is 14.6 Å². The van der Waals surface area contributed by atoms with Crippen molar-refractivity contribution in [2.45, 2.75) is 26.3 Å². The monoisotopic (exact) mass is 366 g/mol. The first-order chi connectivity index (χ1) is 13.1. The molecule has 2 N–H and O–H groups in total. The van der Waals surface area contributed by atoms with Gasteiger partial charge in [-0.05, 0) is 61.7 Å². The van der Waals surface area contributed by atoms with Crippen LogP contribution in [-0.2, 0) is 11.3 Å². The van der Waals surface area contributed by atoms with Crippen LogP contribution in [0, 0.1) is 12.8 Å². The van der Waals surface area contributed by atoms with E-state index in [1.54, 1.807) is 6.07 Å². The van der Waals surface area contributed by atoms with Crippen LogP contribution in [0.15, 0.2) is 36.4 Å². The Morgan fingerprint density at radius 2 is 2.00 bits per heavy atom. The molecule has 2 aromatic rings. The van der Waals surface area contributed by atoms with Crippen LogP contribution in [-0.4, -0.2) is 42.2 Å². The third-order valence-electron chi connectivity index (χ3n) is 5.57. The molecule has 4 rings (SSSR count). The summed E-state index contributed by atoms with van der Waals surface area (Å²) in [7, 11) is 0. The highest BCUT2D eigenvalue weighted by Crippen LogP contribution is 2.38. The number of hydrogen-bond donors (Lipinski definition) is 2. The zero-order valence-corrected chi connectivity index (χ0v) is 15.7. The van der Waals surface area contributed by atoms with Gasteiger partial charge in [-0.2, -0.15) is 0 Å². The molecule has 142 valence electrons. The Morgan fingerprint density at radius 3 is 2.78 bits per heavy atom. The van der Waals surface area contributed by atoms with Gasteiger partial charge in [0.05, 0.1) is 6.54 Å². The van der Waals surface area contributed by atoms with E-state index >= 15 is 0 Å². The highest BCUT2D eigenvalue weighted by atomic mass is 16.5. The van der Waals surface area contributed by atoms with Gasteiger partial charge in [0.15, 0.2) is 11.5 Å². The normalized spacial score (nSPS) is 17.7. The fourth-order valence-corrected chi connectivity index (χ4v) is 4.07. The molecule has 1 amide bonds. The topological polar surface area (TPSA) is 61.8 Å². The summed E-state index contributed by atoms with van der Waals surface area (Å²) in [5.74, 6) is 0.935. The quantitative estimate of drug-likeness (QED) is 0.857. The summed E-state index contributed by atoms with van der Waals surface area (Å²) >= 11 is 0. The lowest BCUT2D eigenvalue weighted by Gasteiger charge is -2.28. The minimum Gasteiger partial charge on any atom is -0.504 e. The lowest BCUT2D eigenvalue weighted by Crippen LogP contribution is -2.41. The summed E-state index contributed by atoms with van der Waals surface area (Å²) in [4.78, 5) is 14.9. The molecule has 5 heteroatoms.